The summed E-state index contributed by atoms with van der Waals surface area (Å²) in [6.07, 6.45) is 1.50. The molecule has 0 saturated heterocycles. The van der Waals surface area contributed by atoms with Crippen LogP contribution < -0.4 is 10.6 Å². The van der Waals surface area contributed by atoms with Crippen molar-refractivity contribution in [1.29, 1.82) is 0 Å². The van der Waals surface area contributed by atoms with Crippen LogP contribution in [0, 0.1) is 13.8 Å². The van der Waals surface area contributed by atoms with E-state index in [1.165, 1.54) is 11.1 Å². The lowest BCUT2D eigenvalue weighted by atomic mass is 10.1. The molecule has 0 bridgehead atoms. The van der Waals surface area contributed by atoms with E-state index in [1.807, 2.05) is 20.2 Å². The number of hydrogen-bond donors (Lipinski definition) is 2. The van der Waals surface area contributed by atoms with Gasteiger partial charge < -0.3 is 15.5 Å². The van der Waals surface area contributed by atoms with Crippen LogP contribution in [0.1, 0.15) is 24.0 Å². The quantitative estimate of drug-likeness (QED) is 0.716. The number of aryl methyl sites for hydroxylation is 2. The van der Waals surface area contributed by atoms with Crippen molar-refractivity contribution in [3.63, 3.8) is 0 Å². The predicted molar refractivity (Wildman–Crippen MR) is 85.2 cm³/mol. The largest absolute Gasteiger partial charge is 0.384 e. The lowest BCUT2D eigenvalue weighted by molar-refractivity contribution is -0.120. The molecule has 4 nitrogen and oxygen atoms in total. The van der Waals surface area contributed by atoms with Crippen LogP contribution in [-0.4, -0.2) is 44.5 Å². The molecule has 112 valence electrons. The van der Waals surface area contributed by atoms with Gasteiger partial charge in [-0.1, -0.05) is 18.2 Å². The Hall–Kier alpha value is -1.55. The highest BCUT2D eigenvalue weighted by molar-refractivity contribution is 5.76. The van der Waals surface area contributed by atoms with Crippen molar-refractivity contribution in [1.82, 2.24) is 10.2 Å². The smallest absolute Gasteiger partial charge is 0.221 e. The second kappa shape index (κ2) is 8.59. The van der Waals surface area contributed by atoms with E-state index in [1.54, 1.807) is 0 Å². The summed E-state index contributed by atoms with van der Waals surface area (Å²) in [6, 6.07) is 6.21. The molecule has 1 rings (SSSR count). The molecule has 1 amide bonds. The van der Waals surface area contributed by atoms with Gasteiger partial charge in [0.25, 0.3) is 0 Å². The van der Waals surface area contributed by atoms with E-state index in [-0.39, 0.29) is 5.91 Å². The standard InChI is InChI=1S/C16H27N3O/c1-13-7-5-8-14(2)16(13)18-11-9-15(20)17-10-6-12-19(3)4/h5,7-8,18H,6,9-12H2,1-4H3,(H,17,20). The lowest BCUT2D eigenvalue weighted by Gasteiger charge is -2.13. The number of para-hydroxylation sites is 1. The molecule has 0 unspecified atom stereocenters. The van der Waals surface area contributed by atoms with Crippen LogP contribution in [0.25, 0.3) is 0 Å². The van der Waals surface area contributed by atoms with Crippen molar-refractivity contribution in [2.75, 3.05) is 39.0 Å². The van der Waals surface area contributed by atoms with Crippen molar-refractivity contribution in [3.8, 4) is 0 Å². The second-order valence-corrected chi connectivity index (χ2v) is 5.45. The lowest BCUT2D eigenvalue weighted by Crippen LogP contribution is -2.28. The zero-order valence-corrected chi connectivity index (χ0v) is 13.1. The molecular formula is C16H27N3O. The fourth-order valence-electron chi connectivity index (χ4n) is 2.11. The first-order chi connectivity index (χ1) is 9.50. The van der Waals surface area contributed by atoms with Crippen molar-refractivity contribution in [3.05, 3.63) is 29.3 Å². The summed E-state index contributed by atoms with van der Waals surface area (Å²) in [5, 5.41) is 6.30. The van der Waals surface area contributed by atoms with Gasteiger partial charge in [0.1, 0.15) is 0 Å². The van der Waals surface area contributed by atoms with Crippen LogP contribution in [0.15, 0.2) is 18.2 Å². The van der Waals surface area contributed by atoms with Gasteiger partial charge in [-0.25, -0.2) is 0 Å². The van der Waals surface area contributed by atoms with Gasteiger partial charge in [-0.05, 0) is 52.0 Å². The van der Waals surface area contributed by atoms with Crippen LogP contribution in [0.2, 0.25) is 0 Å². The minimum atomic E-state index is 0.113. The van der Waals surface area contributed by atoms with E-state index in [9.17, 15) is 4.79 Å². The maximum Gasteiger partial charge on any atom is 0.221 e. The number of nitrogens with zero attached hydrogens (tertiary/aromatic N) is 1. The minimum absolute atomic E-state index is 0.113. The molecule has 0 aromatic heterocycles. The topological polar surface area (TPSA) is 44.4 Å². The Balaban J connectivity index is 2.22. The molecule has 0 spiro atoms. The number of amides is 1. The average molecular weight is 277 g/mol. The Bertz CT molecular complexity index is 409. The molecule has 1 aromatic carbocycles. The van der Waals surface area contributed by atoms with Crippen molar-refractivity contribution >= 4 is 11.6 Å². The molecule has 0 saturated carbocycles. The van der Waals surface area contributed by atoms with Crippen molar-refractivity contribution < 1.29 is 4.79 Å². The number of anilines is 1. The molecule has 0 radical (unpaired) electrons. The van der Waals surface area contributed by atoms with E-state index in [0.29, 0.717) is 13.0 Å². The zero-order valence-electron chi connectivity index (χ0n) is 13.1. The summed E-state index contributed by atoms with van der Waals surface area (Å²) >= 11 is 0. The van der Waals surface area contributed by atoms with Crippen molar-refractivity contribution in [2.24, 2.45) is 0 Å². The third-order valence-corrected chi connectivity index (χ3v) is 3.24. The normalized spacial score (nSPS) is 10.7. The molecule has 2 N–H and O–H groups in total. The van der Waals surface area contributed by atoms with Crippen LogP contribution >= 0.6 is 0 Å². The van der Waals surface area contributed by atoms with Gasteiger partial charge in [0.15, 0.2) is 0 Å². The molecule has 0 aliphatic heterocycles. The molecular weight excluding hydrogens is 250 g/mol. The van der Waals surface area contributed by atoms with Gasteiger partial charge in [-0.3, -0.25) is 4.79 Å². The van der Waals surface area contributed by atoms with E-state index < -0.39 is 0 Å². The predicted octanol–water partition coefficient (Wildman–Crippen LogP) is 2.17. The van der Waals surface area contributed by atoms with Gasteiger partial charge in [0.05, 0.1) is 0 Å². The molecule has 20 heavy (non-hydrogen) atoms. The minimum Gasteiger partial charge on any atom is -0.384 e. The summed E-state index contributed by atoms with van der Waals surface area (Å²) in [7, 11) is 4.08. The first-order valence-electron chi connectivity index (χ1n) is 7.22. The van der Waals surface area contributed by atoms with E-state index in [4.69, 9.17) is 0 Å². The number of rotatable bonds is 8. The number of nitrogens with one attached hydrogen (secondary N) is 2. The van der Waals surface area contributed by atoms with Crippen LogP contribution in [0.3, 0.4) is 0 Å². The Kier molecular flexibility index (Phi) is 7.09. The highest BCUT2D eigenvalue weighted by Gasteiger charge is 2.03. The molecule has 0 atom stereocenters. The third-order valence-electron chi connectivity index (χ3n) is 3.24. The molecule has 4 heteroatoms. The molecule has 0 heterocycles. The summed E-state index contributed by atoms with van der Waals surface area (Å²) in [5.41, 5.74) is 3.58. The fraction of sp³-hybridized carbons (Fsp3) is 0.562. The molecule has 1 aromatic rings. The van der Waals surface area contributed by atoms with Gasteiger partial charge in [-0.15, -0.1) is 0 Å². The van der Waals surface area contributed by atoms with E-state index in [0.717, 1.165) is 25.2 Å². The monoisotopic (exact) mass is 277 g/mol. The SMILES string of the molecule is Cc1cccc(C)c1NCCC(=O)NCCCN(C)C. The molecule has 0 aliphatic carbocycles. The van der Waals surface area contributed by atoms with Crippen LogP contribution in [0.4, 0.5) is 5.69 Å². The van der Waals surface area contributed by atoms with Crippen molar-refractivity contribution in [2.45, 2.75) is 26.7 Å². The third kappa shape index (κ3) is 6.06. The van der Waals surface area contributed by atoms with Gasteiger partial charge >= 0.3 is 0 Å². The maximum absolute atomic E-state index is 11.7. The fourth-order valence-corrected chi connectivity index (χ4v) is 2.11. The summed E-state index contributed by atoms with van der Waals surface area (Å²) in [4.78, 5) is 13.8. The van der Waals surface area contributed by atoms with E-state index >= 15 is 0 Å². The van der Waals surface area contributed by atoms with E-state index in [2.05, 4.69) is 41.5 Å². The number of benzene rings is 1. The highest BCUT2D eigenvalue weighted by atomic mass is 16.1. The first kappa shape index (κ1) is 16.5. The Morgan fingerprint density at radius 1 is 1.15 bits per heavy atom. The molecule has 0 aliphatic rings. The van der Waals surface area contributed by atoms with Gasteiger partial charge in [0, 0.05) is 25.2 Å². The average Bonchev–Trinajstić information content (AvgIpc) is 2.38. The maximum atomic E-state index is 11.7. The summed E-state index contributed by atoms with van der Waals surface area (Å²) in [5.74, 6) is 0.113. The number of carbonyl (C=O) groups is 1. The first-order valence-corrected chi connectivity index (χ1v) is 7.22. The Morgan fingerprint density at radius 3 is 2.40 bits per heavy atom. The van der Waals surface area contributed by atoms with Gasteiger partial charge in [-0.2, -0.15) is 0 Å². The highest BCUT2D eigenvalue weighted by Crippen LogP contribution is 2.18. The number of hydrogen-bond acceptors (Lipinski definition) is 3. The second-order valence-electron chi connectivity index (χ2n) is 5.45. The zero-order chi connectivity index (χ0) is 15.0. The molecule has 0 fully saturated rings. The van der Waals surface area contributed by atoms with Crippen LogP contribution in [0.5, 0.6) is 0 Å². The number of carbonyl (C=O) groups excluding carboxylic acids is 1. The van der Waals surface area contributed by atoms with Crippen LogP contribution in [-0.2, 0) is 4.79 Å². The Morgan fingerprint density at radius 2 is 1.80 bits per heavy atom. The Labute approximate surface area is 122 Å². The summed E-state index contributed by atoms with van der Waals surface area (Å²) in [6.45, 7) is 6.58. The van der Waals surface area contributed by atoms with Gasteiger partial charge in [0.2, 0.25) is 5.91 Å². The summed E-state index contributed by atoms with van der Waals surface area (Å²) < 4.78 is 0.